The van der Waals surface area contributed by atoms with Gasteiger partial charge >= 0.3 is 0 Å². The highest BCUT2D eigenvalue weighted by Crippen LogP contribution is 2.17. The summed E-state index contributed by atoms with van der Waals surface area (Å²) < 4.78 is 5.40. The molecule has 0 aromatic rings. The molecule has 2 rings (SSSR count). The minimum absolute atomic E-state index is 0.139. The number of hydrogen-bond donors (Lipinski definition) is 0. The van der Waals surface area contributed by atoms with Crippen molar-refractivity contribution in [1.82, 2.24) is 14.7 Å². The minimum Gasteiger partial charge on any atom is -0.379 e. The van der Waals surface area contributed by atoms with Crippen LogP contribution in [0.25, 0.3) is 0 Å². The number of carbonyl (C=O) groups excluding carboxylic acids is 1. The molecule has 6 heteroatoms. The molecule has 2 aliphatic rings. The van der Waals surface area contributed by atoms with Gasteiger partial charge in [-0.2, -0.15) is 5.26 Å². The molecule has 2 fully saturated rings. The van der Waals surface area contributed by atoms with Gasteiger partial charge in [-0.15, -0.1) is 0 Å². The third kappa shape index (κ3) is 4.95. The molecular weight excluding hydrogens is 268 g/mol. The highest BCUT2D eigenvalue weighted by molar-refractivity contribution is 5.76. The highest BCUT2D eigenvalue weighted by Gasteiger charge is 2.28. The number of likely N-dealkylation sites (tertiary alicyclic amines) is 1. The first-order valence-electron chi connectivity index (χ1n) is 7.86. The predicted octanol–water partition coefficient (Wildman–Crippen LogP) is 0.155. The molecule has 0 bridgehead atoms. The van der Waals surface area contributed by atoms with E-state index in [1.54, 1.807) is 11.9 Å². The van der Waals surface area contributed by atoms with Crippen LogP contribution in [0.15, 0.2) is 0 Å². The van der Waals surface area contributed by atoms with Crippen LogP contribution >= 0.6 is 0 Å². The average Bonchev–Trinajstić information content (AvgIpc) is 3.00. The van der Waals surface area contributed by atoms with Crippen molar-refractivity contribution in [2.45, 2.75) is 25.3 Å². The molecule has 0 aromatic carbocycles. The largest absolute Gasteiger partial charge is 0.379 e. The number of rotatable bonds is 6. The Balaban J connectivity index is 1.65. The van der Waals surface area contributed by atoms with E-state index in [0.717, 1.165) is 45.9 Å². The number of morpholine rings is 1. The quantitative estimate of drug-likeness (QED) is 0.698. The third-order valence-electron chi connectivity index (χ3n) is 4.44. The Morgan fingerprint density at radius 3 is 2.86 bits per heavy atom. The Morgan fingerprint density at radius 1 is 1.38 bits per heavy atom. The molecule has 0 N–H and O–H groups in total. The van der Waals surface area contributed by atoms with Gasteiger partial charge in [0.2, 0.25) is 5.91 Å². The van der Waals surface area contributed by atoms with Crippen LogP contribution in [0.1, 0.15) is 19.3 Å². The van der Waals surface area contributed by atoms with Crippen LogP contribution in [0, 0.1) is 11.3 Å². The topological polar surface area (TPSA) is 59.8 Å². The Labute approximate surface area is 127 Å². The van der Waals surface area contributed by atoms with Crippen LogP contribution in [0.3, 0.4) is 0 Å². The van der Waals surface area contributed by atoms with Crippen molar-refractivity contribution in [2.75, 3.05) is 59.5 Å². The standard InChI is InChI=1S/C15H26N4O2/c1-17(6-2-5-16)15(20)4-8-18-7-3-14(13-18)19-9-11-21-12-10-19/h14H,2-4,6-13H2,1H3. The molecule has 2 saturated heterocycles. The van der Waals surface area contributed by atoms with E-state index >= 15 is 0 Å². The Bertz CT molecular complexity index is 376. The van der Waals surface area contributed by atoms with Crippen molar-refractivity contribution in [3.63, 3.8) is 0 Å². The molecule has 0 aliphatic carbocycles. The second-order valence-corrected chi connectivity index (χ2v) is 5.86. The van der Waals surface area contributed by atoms with E-state index in [1.807, 2.05) is 0 Å². The van der Waals surface area contributed by atoms with Crippen molar-refractivity contribution >= 4 is 5.91 Å². The van der Waals surface area contributed by atoms with E-state index in [0.29, 0.717) is 25.4 Å². The van der Waals surface area contributed by atoms with Crippen molar-refractivity contribution < 1.29 is 9.53 Å². The summed E-state index contributed by atoms with van der Waals surface area (Å²) in [5.74, 6) is 0.139. The maximum Gasteiger partial charge on any atom is 0.223 e. The number of ether oxygens (including phenoxy) is 1. The number of nitriles is 1. The number of nitrogens with zero attached hydrogens (tertiary/aromatic N) is 4. The zero-order chi connectivity index (χ0) is 15.1. The fraction of sp³-hybridized carbons (Fsp3) is 0.867. The van der Waals surface area contributed by atoms with Gasteiger partial charge in [0.05, 0.1) is 25.7 Å². The summed E-state index contributed by atoms with van der Waals surface area (Å²) in [5, 5.41) is 8.54. The summed E-state index contributed by atoms with van der Waals surface area (Å²) in [5.41, 5.74) is 0. The van der Waals surface area contributed by atoms with E-state index in [-0.39, 0.29) is 5.91 Å². The second kappa shape index (κ2) is 8.32. The van der Waals surface area contributed by atoms with Gasteiger partial charge in [0.25, 0.3) is 0 Å². The summed E-state index contributed by atoms with van der Waals surface area (Å²) in [7, 11) is 1.78. The fourth-order valence-corrected chi connectivity index (χ4v) is 3.04. The van der Waals surface area contributed by atoms with E-state index in [2.05, 4.69) is 15.9 Å². The van der Waals surface area contributed by atoms with Crippen LogP contribution in [-0.2, 0) is 9.53 Å². The van der Waals surface area contributed by atoms with Crippen molar-refractivity contribution in [3.8, 4) is 6.07 Å². The smallest absolute Gasteiger partial charge is 0.223 e. The molecule has 118 valence electrons. The summed E-state index contributed by atoms with van der Waals surface area (Å²) in [4.78, 5) is 18.5. The highest BCUT2D eigenvalue weighted by atomic mass is 16.5. The maximum absolute atomic E-state index is 12.0. The molecule has 2 heterocycles. The molecule has 0 spiro atoms. The Morgan fingerprint density at radius 2 is 2.14 bits per heavy atom. The lowest BCUT2D eigenvalue weighted by molar-refractivity contribution is -0.130. The number of amides is 1. The monoisotopic (exact) mass is 294 g/mol. The van der Waals surface area contributed by atoms with Crippen molar-refractivity contribution in [3.05, 3.63) is 0 Å². The van der Waals surface area contributed by atoms with Crippen LogP contribution in [0.2, 0.25) is 0 Å². The molecule has 2 aliphatic heterocycles. The normalized spacial score (nSPS) is 23.9. The molecule has 1 unspecified atom stereocenters. The van der Waals surface area contributed by atoms with Gasteiger partial charge < -0.3 is 14.5 Å². The maximum atomic E-state index is 12.0. The third-order valence-corrected chi connectivity index (χ3v) is 4.44. The summed E-state index contributed by atoms with van der Waals surface area (Å²) >= 11 is 0. The van der Waals surface area contributed by atoms with E-state index in [1.165, 1.54) is 6.42 Å². The van der Waals surface area contributed by atoms with Gasteiger partial charge in [-0.1, -0.05) is 0 Å². The van der Waals surface area contributed by atoms with Crippen LogP contribution in [0.4, 0.5) is 0 Å². The van der Waals surface area contributed by atoms with E-state index in [9.17, 15) is 4.79 Å². The fourth-order valence-electron chi connectivity index (χ4n) is 3.04. The molecular formula is C15H26N4O2. The molecule has 6 nitrogen and oxygen atoms in total. The lowest BCUT2D eigenvalue weighted by Crippen LogP contribution is -2.44. The predicted molar refractivity (Wildman–Crippen MR) is 79.7 cm³/mol. The van der Waals surface area contributed by atoms with Crippen molar-refractivity contribution in [1.29, 1.82) is 5.26 Å². The van der Waals surface area contributed by atoms with Crippen LogP contribution in [0.5, 0.6) is 0 Å². The molecule has 0 radical (unpaired) electrons. The molecule has 0 aromatic heterocycles. The van der Waals surface area contributed by atoms with E-state index in [4.69, 9.17) is 10.00 Å². The first-order chi connectivity index (χ1) is 10.2. The zero-order valence-corrected chi connectivity index (χ0v) is 13.0. The summed E-state index contributed by atoms with van der Waals surface area (Å²) in [6.45, 7) is 7.27. The average molecular weight is 294 g/mol. The first kappa shape index (κ1) is 16.2. The van der Waals surface area contributed by atoms with Gasteiger partial charge in [0, 0.05) is 52.2 Å². The summed E-state index contributed by atoms with van der Waals surface area (Å²) in [6, 6.07) is 2.70. The van der Waals surface area contributed by atoms with Gasteiger partial charge in [-0.3, -0.25) is 9.69 Å². The minimum atomic E-state index is 0.139. The van der Waals surface area contributed by atoms with Gasteiger partial charge in [-0.25, -0.2) is 0 Å². The van der Waals surface area contributed by atoms with Crippen LogP contribution < -0.4 is 0 Å². The molecule has 21 heavy (non-hydrogen) atoms. The molecule has 1 atom stereocenters. The first-order valence-corrected chi connectivity index (χ1v) is 7.86. The second-order valence-electron chi connectivity index (χ2n) is 5.86. The lowest BCUT2D eigenvalue weighted by Gasteiger charge is -2.32. The Hall–Kier alpha value is -1.16. The summed E-state index contributed by atoms with van der Waals surface area (Å²) in [6.07, 6.45) is 2.15. The molecule has 1 amide bonds. The van der Waals surface area contributed by atoms with Crippen molar-refractivity contribution in [2.24, 2.45) is 0 Å². The number of carbonyl (C=O) groups is 1. The Kier molecular flexibility index (Phi) is 6.43. The van der Waals surface area contributed by atoms with Gasteiger partial charge in [0.15, 0.2) is 0 Å². The van der Waals surface area contributed by atoms with E-state index < -0.39 is 0 Å². The van der Waals surface area contributed by atoms with Gasteiger partial charge in [-0.05, 0) is 13.0 Å². The molecule has 0 saturated carbocycles. The lowest BCUT2D eigenvalue weighted by atomic mass is 10.2. The SMILES string of the molecule is CN(CCC#N)C(=O)CCN1CCC(N2CCOCC2)C1. The van der Waals surface area contributed by atoms with Gasteiger partial charge in [0.1, 0.15) is 0 Å². The number of hydrogen-bond acceptors (Lipinski definition) is 5. The zero-order valence-electron chi connectivity index (χ0n) is 13.0. The van der Waals surface area contributed by atoms with Crippen LogP contribution in [-0.4, -0.2) is 86.2 Å².